The van der Waals surface area contributed by atoms with Crippen LogP contribution in [0.2, 0.25) is 5.02 Å². The first-order chi connectivity index (χ1) is 10.1. The first-order valence-electron chi connectivity index (χ1n) is 6.33. The first-order valence-corrected chi connectivity index (χ1v) is 6.71. The van der Waals surface area contributed by atoms with Gasteiger partial charge in [-0.3, -0.25) is 0 Å². The average molecular weight is 299 g/mol. The summed E-state index contributed by atoms with van der Waals surface area (Å²) in [5.41, 5.74) is 0.128. The van der Waals surface area contributed by atoms with Gasteiger partial charge in [0.1, 0.15) is 17.1 Å². The van der Waals surface area contributed by atoms with Crippen molar-refractivity contribution < 1.29 is 14.6 Å². The molecule has 0 aromatic heterocycles. The molecule has 0 aliphatic heterocycles. The molecule has 3 rings (SSSR count). The zero-order valence-electron chi connectivity index (χ0n) is 10.9. The van der Waals surface area contributed by atoms with E-state index in [-0.39, 0.29) is 11.3 Å². The molecule has 3 aromatic rings. The van der Waals surface area contributed by atoms with Crippen molar-refractivity contribution in [2.24, 2.45) is 0 Å². The normalized spacial score (nSPS) is 10.5. The van der Waals surface area contributed by atoms with E-state index < -0.39 is 5.97 Å². The van der Waals surface area contributed by atoms with Crippen LogP contribution in [-0.4, -0.2) is 11.1 Å². The van der Waals surface area contributed by atoms with Crippen LogP contribution >= 0.6 is 11.6 Å². The monoisotopic (exact) mass is 298 g/mol. The summed E-state index contributed by atoms with van der Waals surface area (Å²) >= 11 is 5.78. The third-order valence-electron chi connectivity index (χ3n) is 3.11. The van der Waals surface area contributed by atoms with Crippen LogP contribution in [0.15, 0.2) is 60.7 Å². The summed E-state index contributed by atoms with van der Waals surface area (Å²) in [6.45, 7) is 0. The van der Waals surface area contributed by atoms with Gasteiger partial charge in [0.25, 0.3) is 0 Å². The maximum absolute atomic E-state index is 12.1. The molecule has 3 aromatic carbocycles. The van der Waals surface area contributed by atoms with E-state index >= 15 is 0 Å². The van der Waals surface area contributed by atoms with Gasteiger partial charge in [-0.2, -0.15) is 0 Å². The fourth-order valence-corrected chi connectivity index (χ4v) is 2.18. The van der Waals surface area contributed by atoms with Crippen LogP contribution in [0.5, 0.6) is 11.5 Å². The van der Waals surface area contributed by atoms with Gasteiger partial charge in [-0.05, 0) is 47.2 Å². The van der Waals surface area contributed by atoms with Crippen LogP contribution in [0.4, 0.5) is 0 Å². The van der Waals surface area contributed by atoms with E-state index in [4.69, 9.17) is 16.3 Å². The van der Waals surface area contributed by atoms with Crippen LogP contribution in [-0.2, 0) is 0 Å². The minimum absolute atomic E-state index is 0.104. The van der Waals surface area contributed by atoms with Crippen LogP contribution in [0.25, 0.3) is 10.8 Å². The lowest BCUT2D eigenvalue weighted by atomic mass is 10.1. The van der Waals surface area contributed by atoms with Crippen LogP contribution in [0.1, 0.15) is 10.4 Å². The number of rotatable bonds is 2. The molecule has 0 spiro atoms. The summed E-state index contributed by atoms with van der Waals surface area (Å²) < 4.78 is 5.23. The number of fused-ring (bicyclic) bond motifs is 1. The number of phenolic OH excluding ortho intramolecular Hbond substituents is 1. The van der Waals surface area contributed by atoms with Crippen molar-refractivity contribution in [3.05, 3.63) is 71.2 Å². The number of esters is 1. The average Bonchev–Trinajstić information content (AvgIpc) is 2.49. The molecule has 0 heterocycles. The molecule has 104 valence electrons. The number of benzene rings is 3. The molecule has 0 aliphatic carbocycles. The van der Waals surface area contributed by atoms with Crippen molar-refractivity contribution in [1.82, 2.24) is 0 Å². The Morgan fingerprint density at radius 3 is 2.24 bits per heavy atom. The second-order valence-corrected chi connectivity index (χ2v) is 5.00. The number of phenols is 1. The largest absolute Gasteiger partial charge is 0.507 e. The highest BCUT2D eigenvalue weighted by atomic mass is 35.5. The molecular formula is C17H11ClO3. The Bertz CT molecular complexity index is 810. The Kier molecular flexibility index (Phi) is 3.50. The van der Waals surface area contributed by atoms with E-state index in [0.717, 1.165) is 10.8 Å². The number of hydrogen-bond donors (Lipinski definition) is 1. The van der Waals surface area contributed by atoms with E-state index in [2.05, 4.69) is 0 Å². The molecule has 21 heavy (non-hydrogen) atoms. The fraction of sp³-hybridized carbons (Fsp3) is 0. The molecule has 0 atom stereocenters. The zero-order chi connectivity index (χ0) is 14.8. The number of halogens is 1. The molecule has 0 unspecified atom stereocenters. The third-order valence-corrected chi connectivity index (χ3v) is 3.36. The Labute approximate surface area is 126 Å². The molecule has 4 heteroatoms. The van der Waals surface area contributed by atoms with E-state index in [9.17, 15) is 9.90 Å². The van der Waals surface area contributed by atoms with Gasteiger partial charge < -0.3 is 9.84 Å². The minimum atomic E-state index is -0.611. The quantitative estimate of drug-likeness (QED) is 0.563. The number of hydrogen-bond acceptors (Lipinski definition) is 3. The summed E-state index contributed by atoms with van der Waals surface area (Å²) in [5, 5.41) is 12.3. The van der Waals surface area contributed by atoms with Crippen LogP contribution in [0, 0.1) is 0 Å². The van der Waals surface area contributed by atoms with Crippen LogP contribution < -0.4 is 4.74 Å². The van der Waals surface area contributed by atoms with Gasteiger partial charge in [-0.1, -0.05) is 35.9 Å². The number of carbonyl (C=O) groups is 1. The lowest BCUT2D eigenvalue weighted by molar-refractivity contribution is 0.0732. The maximum atomic E-state index is 12.1. The fourth-order valence-electron chi connectivity index (χ4n) is 2.06. The van der Waals surface area contributed by atoms with Gasteiger partial charge in [0.05, 0.1) is 0 Å². The van der Waals surface area contributed by atoms with E-state index in [1.807, 2.05) is 24.3 Å². The number of ether oxygens (including phenoxy) is 1. The second kappa shape index (κ2) is 5.46. The summed E-state index contributed by atoms with van der Waals surface area (Å²) in [4.78, 5) is 12.1. The van der Waals surface area contributed by atoms with Gasteiger partial charge in [-0.15, -0.1) is 0 Å². The summed E-state index contributed by atoms with van der Waals surface area (Å²) in [6.07, 6.45) is 0. The third kappa shape index (κ3) is 2.83. The molecule has 0 bridgehead atoms. The molecule has 0 saturated heterocycles. The van der Waals surface area contributed by atoms with Crippen molar-refractivity contribution >= 4 is 28.3 Å². The summed E-state index contributed by atoms with van der Waals surface area (Å²) in [7, 11) is 0. The van der Waals surface area contributed by atoms with Crippen molar-refractivity contribution in [3.63, 3.8) is 0 Å². The molecule has 3 nitrogen and oxygen atoms in total. The highest BCUT2D eigenvalue weighted by Crippen LogP contribution is 2.26. The summed E-state index contributed by atoms with van der Waals surface area (Å²) in [6, 6.07) is 17.1. The van der Waals surface area contributed by atoms with Gasteiger partial charge in [-0.25, -0.2) is 4.79 Å². The molecule has 0 amide bonds. The number of carbonyl (C=O) groups excluding carboxylic acids is 1. The minimum Gasteiger partial charge on any atom is -0.507 e. The molecule has 0 aliphatic rings. The smallest absolute Gasteiger partial charge is 0.347 e. The van der Waals surface area contributed by atoms with E-state index in [1.165, 1.54) is 0 Å². The highest BCUT2D eigenvalue weighted by Gasteiger charge is 2.14. The Morgan fingerprint density at radius 2 is 1.57 bits per heavy atom. The van der Waals surface area contributed by atoms with Crippen molar-refractivity contribution in [1.29, 1.82) is 0 Å². The van der Waals surface area contributed by atoms with Crippen molar-refractivity contribution in [3.8, 4) is 11.5 Å². The molecule has 0 fully saturated rings. The number of aromatic hydroxyl groups is 1. The van der Waals surface area contributed by atoms with E-state index in [1.54, 1.807) is 36.4 Å². The van der Waals surface area contributed by atoms with Crippen LogP contribution in [0.3, 0.4) is 0 Å². The van der Waals surface area contributed by atoms with Gasteiger partial charge in [0, 0.05) is 5.02 Å². The predicted octanol–water partition coefficient (Wildman–Crippen LogP) is 4.42. The first kappa shape index (κ1) is 13.5. The van der Waals surface area contributed by atoms with Gasteiger partial charge in [0.2, 0.25) is 0 Å². The van der Waals surface area contributed by atoms with E-state index in [0.29, 0.717) is 10.8 Å². The zero-order valence-corrected chi connectivity index (χ0v) is 11.7. The summed E-state index contributed by atoms with van der Waals surface area (Å²) in [5.74, 6) is -0.342. The highest BCUT2D eigenvalue weighted by molar-refractivity contribution is 6.30. The second-order valence-electron chi connectivity index (χ2n) is 4.56. The Hall–Kier alpha value is -2.52. The lowest BCUT2D eigenvalue weighted by Crippen LogP contribution is -2.08. The Balaban J connectivity index is 1.93. The molecule has 0 saturated carbocycles. The van der Waals surface area contributed by atoms with Crippen molar-refractivity contribution in [2.45, 2.75) is 0 Å². The molecule has 1 N–H and O–H groups in total. The van der Waals surface area contributed by atoms with Gasteiger partial charge in [0.15, 0.2) is 0 Å². The van der Waals surface area contributed by atoms with Gasteiger partial charge >= 0.3 is 5.97 Å². The topological polar surface area (TPSA) is 46.5 Å². The van der Waals surface area contributed by atoms with Crippen molar-refractivity contribution in [2.75, 3.05) is 0 Å². The lowest BCUT2D eigenvalue weighted by Gasteiger charge is -2.07. The predicted molar refractivity (Wildman–Crippen MR) is 82.0 cm³/mol. The Morgan fingerprint density at radius 1 is 0.952 bits per heavy atom. The molecular weight excluding hydrogens is 288 g/mol. The molecule has 0 radical (unpaired) electrons. The maximum Gasteiger partial charge on any atom is 0.347 e. The SMILES string of the molecule is O=C(Oc1ccc(Cl)cc1)c1cc2ccccc2cc1O. The standard InChI is InChI=1S/C17H11ClO3/c18-13-5-7-14(8-6-13)21-17(20)15-9-11-3-1-2-4-12(11)10-16(15)19/h1-10,19H.